The molecule has 0 aromatic carbocycles. The van der Waals surface area contributed by atoms with Crippen LogP contribution in [-0.2, 0) is 13.1 Å². The number of carbonyl (C=O) groups is 2. The fourth-order valence-corrected chi connectivity index (χ4v) is 1.50. The maximum absolute atomic E-state index is 11.4. The highest BCUT2D eigenvalue weighted by molar-refractivity contribution is 5.76. The highest BCUT2D eigenvalue weighted by Crippen LogP contribution is 1.98. The van der Waals surface area contributed by atoms with Crippen molar-refractivity contribution in [1.29, 1.82) is 0 Å². The maximum Gasteiger partial charge on any atom is 0.319 e. The Kier molecular flexibility index (Phi) is 5.68. The zero-order valence-electron chi connectivity index (χ0n) is 11.7. The topological polar surface area (TPSA) is 109 Å². The summed E-state index contributed by atoms with van der Waals surface area (Å²) in [6.07, 6.45) is 5.67. The molecule has 0 atom stereocenters. The van der Waals surface area contributed by atoms with Gasteiger partial charge in [-0.15, -0.1) is 0 Å². The lowest BCUT2D eigenvalue weighted by Gasteiger charge is -2.03. The first-order valence-corrected chi connectivity index (χ1v) is 6.52. The van der Waals surface area contributed by atoms with Crippen molar-refractivity contribution >= 4 is 12.1 Å². The second kappa shape index (κ2) is 8.20. The Morgan fingerprint density at radius 1 is 0.864 bits per heavy atom. The molecule has 4 amide bonds. The number of hydrogen-bond donors (Lipinski definition) is 4. The highest BCUT2D eigenvalue weighted by atomic mass is 16.3. The van der Waals surface area contributed by atoms with E-state index < -0.39 is 12.1 Å². The number of amides is 4. The fraction of sp³-hybridized carbons (Fsp3) is 0.143. The molecule has 0 radical (unpaired) electrons. The van der Waals surface area contributed by atoms with E-state index in [1.54, 1.807) is 24.3 Å². The van der Waals surface area contributed by atoms with Crippen LogP contribution in [0.2, 0.25) is 0 Å². The van der Waals surface area contributed by atoms with Crippen LogP contribution >= 0.6 is 0 Å². The molecular weight excluding hydrogens is 288 g/mol. The van der Waals surface area contributed by atoms with Gasteiger partial charge in [0, 0.05) is 12.4 Å². The van der Waals surface area contributed by atoms with Gasteiger partial charge in [-0.3, -0.25) is 0 Å². The summed E-state index contributed by atoms with van der Waals surface area (Å²) in [5.41, 5.74) is 0. The molecule has 0 unspecified atom stereocenters. The van der Waals surface area contributed by atoms with Gasteiger partial charge in [0.05, 0.1) is 25.6 Å². The third-order valence-electron chi connectivity index (χ3n) is 2.52. The molecule has 22 heavy (non-hydrogen) atoms. The molecular formula is C14H16N4O4. The Labute approximate surface area is 126 Å². The predicted molar refractivity (Wildman–Crippen MR) is 77.3 cm³/mol. The first kappa shape index (κ1) is 15.2. The Morgan fingerprint density at radius 2 is 1.32 bits per heavy atom. The van der Waals surface area contributed by atoms with Crippen LogP contribution in [0.25, 0.3) is 0 Å². The van der Waals surface area contributed by atoms with Crippen LogP contribution in [0.3, 0.4) is 0 Å². The average Bonchev–Trinajstić information content (AvgIpc) is 3.20. The zero-order valence-corrected chi connectivity index (χ0v) is 11.7. The van der Waals surface area contributed by atoms with Crippen molar-refractivity contribution in [2.24, 2.45) is 0 Å². The Morgan fingerprint density at radius 3 is 1.68 bits per heavy atom. The molecule has 0 spiro atoms. The molecule has 0 aliphatic rings. The minimum atomic E-state index is -0.412. The summed E-state index contributed by atoms with van der Waals surface area (Å²) < 4.78 is 10.1. The van der Waals surface area contributed by atoms with Gasteiger partial charge in [0.1, 0.15) is 11.5 Å². The number of furan rings is 2. The van der Waals surface area contributed by atoms with Gasteiger partial charge >= 0.3 is 12.1 Å². The third kappa shape index (κ3) is 5.45. The lowest BCUT2D eigenvalue weighted by atomic mass is 10.4. The van der Waals surface area contributed by atoms with Crippen molar-refractivity contribution in [3.05, 3.63) is 60.7 Å². The van der Waals surface area contributed by atoms with Crippen LogP contribution in [-0.4, -0.2) is 12.1 Å². The van der Waals surface area contributed by atoms with Crippen molar-refractivity contribution in [2.45, 2.75) is 13.1 Å². The predicted octanol–water partition coefficient (Wildman–Crippen LogP) is 1.64. The molecule has 8 heteroatoms. The van der Waals surface area contributed by atoms with Gasteiger partial charge in [-0.2, -0.15) is 0 Å². The van der Waals surface area contributed by atoms with Crippen LogP contribution < -0.4 is 21.3 Å². The molecule has 8 nitrogen and oxygen atoms in total. The molecule has 2 heterocycles. The molecule has 0 saturated heterocycles. The molecule has 2 rings (SSSR count). The van der Waals surface area contributed by atoms with E-state index in [-0.39, 0.29) is 13.1 Å². The van der Waals surface area contributed by atoms with Gasteiger partial charge in [0.25, 0.3) is 0 Å². The molecule has 0 fully saturated rings. The van der Waals surface area contributed by atoms with Crippen LogP contribution in [0.4, 0.5) is 9.59 Å². The van der Waals surface area contributed by atoms with E-state index in [1.807, 2.05) is 0 Å². The second-order valence-corrected chi connectivity index (χ2v) is 4.15. The van der Waals surface area contributed by atoms with E-state index in [0.29, 0.717) is 11.5 Å². The lowest BCUT2D eigenvalue weighted by Crippen LogP contribution is -2.34. The summed E-state index contributed by atoms with van der Waals surface area (Å²) in [5.74, 6) is 1.30. The van der Waals surface area contributed by atoms with Gasteiger partial charge in [0.15, 0.2) is 0 Å². The van der Waals surface area contributed by atoms with Crippen molar-refractivity contribution < 1.29 is 18.4 Å². The van der Waals surface area contributed by atoms with Gasteiger partial charge < -0.3 is 30.1 Å². The standard InChI is InChI=1S/C14H16N4O4/c19-13(17-9-11-3-1-7-21-11)15-5-6-16-14(20)18-10-12-4-2-8-22-12/h1-8H,9-10H2,(H2,15,17,19)(H2,16,18,20). The van der Waals surface area contributed by atoms with Crippen LogP contribution in [0.15, 0.2) is 58.0 Å². The monoisotopic (exact) mass is 304 g/mol. The fourth-order valence-electron chi connectivity index (χ4n) is 1.50. The molecule has 0 bridgehead atoms. The molecule has 2 aromatic rings. The van der Waals surface area contributed by atoms with Crippen LogP contribution in [0.5, 0.6) is 0 Å². The third-order valence-corrected chi connectivity index (χ3v) is 2.52. The van der Waals surface area contributed by atoms with E-state index in [0.717, 1.165) is 0 Å². The summed E-state index contributed by atoms with van der Waals surface area (Å²) in [6, 6.07) is 6.15. The van der Waals surface area contributed by atoms with Gasteiger partial charge in [-0.05, 0) is 24.3 Å². The normalized spacial score (nSPS) is 10.4. The minimum Gasteiger partial charge on any atom is -0.467 e. The number of rotatable bonds is 6. The van der Waals surface area contributed by atoms with Gasteiger partial charge in [0.2, 0.25) is 0 Å². The van der Waals surface area contributed by atoms with E-state index in [1.165, 1.54) is 24.9 Å². The summed E-state index contributed by atoms with van der Waals surface area (Å²) in [5, 5.41) is 10.0. The lowest BCUT2D eigenvalue weighted by molar-refractivity contribution is 0.241. The van der Waals surface area contributed by atoms with Crippen molar-refractivity contribution in [3.63, 3.8) is 0 Å². The Hall–Kier alpha value is -3.16. The van der Waals surface area contributed by atoms with E-state index in [9.17, 15) is 9.59 Å². The van der Waals surface area contributed by atoms with Gasteiger partial charge in [-0.25, -0.2) is 9.59 Å². The number of urea groups is 2. The summed E-state index contributed by atoms with van der Waals surface area (Å²) in [6.45, 7) is 0.563. The van der Waals surface area contributed by atoms with Crippen molar-refractivity contribution in [3.8, 4) is 0 Å². The Balaban J connectivity index is 1.56. The second-order valence-electron chi connectivity index (χ2n) is 4.15. The molecule has 2 aromatic heterocycles. The smallest absolute Gasteiger partial charge is 0.319 e. The van der Waals surface area contributed by atoms with Crippen molar-refractivity contribution in [2.75, 3.05) is 0 Å². The maximum atomic E-state index is 11.4. The molecule has 0 saturated carbocycles. The SMILES string of the molecule is O=C(NC=CNC(=O)NCc1ccco1)NCc1ccco1. The molecule has 4 N–H and O–H groups in total. The number of carbonyl (C=O) groups excluding carboxylic acids is 2. The molecule has 116 valence electrons. The van der Waals surface area contributed by atoms with E-state index in [2.05, 4.69) is 21.3 Å². The van der Waals surface area contributed by atoms with Gasteiger partial charge in [-0.1, -0.05) is 0 Å². The largest absolute Gasteiger partial charge is 0.467 e. The highest BCUT2D eigenvalue weighted by Gasteiger charge is 2.01. The Bertz CT molecular complexity index is 551. The first-order chi connectivity index (χ1) is 10.7. The van der Waals surface area contributed by atoms with E-state index in [4.69, 9.17) is 8.83 Å². The summed E-state index contributed by atoms with van der Waals surface area (Å²) in [4.78, 5) is 22.8. The van der Waals surface area contributed by atoms with E-state index >= 15 is 0 Å². The summed E-state index contributed by atoms with van der Waals surface area (Å²) >= 11 is 0. The summed E-state index contributed by atoms with van der Waals surface area (Å²) in [7, 11) is 0. The van der Waals surface area contributed by atoms with Crippen LogP contribution in [0.1, 0.15) is 11.5 Å². The zero-order chi connectivity index (χ0) is 15.6. The first-order valence-electron chi connectivity index (χ1n) is 6.52. The number of hydrogen-bond acceptors (Lipinski definition) is 4. The minimum absolute atomic E-state index is 0.281. The molecule has 0 aliphatic carbocycles. The quantitative estimate of drug-likeness (QED) is 0.650. The number of nitrogens with one attached hydrogen (secondary N) is 4. The molecule has 0 aliphatic heterocycles. The average molecular weight is 304 g/mol. The van der Waals surface area contributed by atoms with Crippen LogP contribution in [0, 0.1) is 0 Å². The van der Waals surface area contributed by atoms with Crippen molar-refractivity contribution in [1.82, 2.24) is 21.3 Å².